The van der Waals surface area contributed by atoms with Gasteiger partial charge in [0.25, 0.3) is 0 Å². The van der Waals surface area contributed by atoms with Gasteiger partial charge in [-0.15, -0.1) is 0 Å². The van der Waals surface area contributed by atoms with Crippen molar-refractivity contribution in [2.24, 2.45) is 5.92 Å². The molecule has 2 aliphatic rings. The number of benzene rings is 2. The number of aromatic nitrogens is 1. The molecule has 0 radical (unpaired) electrons. The third-order valence-corrected chi connectivity index (χ3v) is 7.69. The molecule has 2 bridgehead atoms. The van der Waals surface area contributed by atoms with Crippen LogP contribution < -0.4 is 5.32 Å². The highest BCUT2D eigenvalue weighted by Gasteiger charge is 2.31. The van der Waals surface area contributed by atoms with Gasteiger partial charge < -0.3 is 10.2 Å². The minimum absolute atomic E-state index is 0.0148. The third kappa shape index (κ3) is 5.19. The zero-order valence-electron chi connectivity index (χ0n) is 21.5. The Morgan fingerprint density at radius 3 is 2.65 bits per heavy atom. The summed E-state index contributed by atoms with van der Waals surface area (Å²) in [5, 5.41) is 12.0. The van der Waals surface area contributed by atoms with E-state index >= 15 is 4.39 Å². The van der Waals surface area contributed by atoms with Crippen LogP contribution in [0.15, 0.2) is 48.7 Å². The summed E-state index contributed by atoms with van der Waals surface area (Å²) in [6.45, 7) is 1.95. The smallest absolute Gasteiger partial charge is 0.247 e. The van der Waals surface area contributed by atoms with E-state index in [0.717, 1.165) is 12.1 Å². The van der Waals surface area contributed by atoms with Crippen LogP contribution >= 0.6 is 11.6 Å². The van der Waals surface area contributed by atoms with Crippen molar-refractivity contribution in [1.29, 1.82) is 5.26 Å². The van der Waals surface area contributed by atoms with Crippen molar-refractivity contribution in [2.75, 3.05) is 11.9 Å². The lowest BCUT2D eigenvalue weighted by molar-refractivity contribution is -0.129. The minimum Gasteiger partial charge on any atom is -0.330 e. The van der Waals surface area contributed by atoms with Crippen molar-refractivity contribution in [2.45, 2.75) is 38.6 Å². The molecular weight excluding hydrogens is 541 g/mol. The Balaban J connectivity index is 1.56. The molecule has 2 aromatic carbocycles. The van der Waals surface area contributed by atoms with Crippen molar-refractivity contribution in [3.63, 3.8) is 0 Å². The van der Waals surface area contributed by atoms with E-state index in [-0.39, 0.29) is 46.3 Å². The van der Waals surface area contributed by atoms with Crippen molar-refractivity contribution >= 4 is 34.7 Å². The van der Waals surface area contributed by atoms with Crippen molar-refractivity contribution in [3.05, 3.63) is 88.0 Å². The molecule has 40 heavy (non-hydrogen) atoms. The molecular formula is C30H24ClF3N4O2. The molecule has 1 N–H and O–H groups in total. The van der Waals surface area contributed by atoms with E-state index < -0.39 is 35.3 Å². The zero-order chi connectivity index (χ0) is 28.6. The van der Waals surface area contributed by atoms with E-state index in [9.17, 15) is 23.6 Å². The maximum atomic E-state index is 15.1. The van der Waals surface area contributed by atoms with Crippen LogP contribution in [0.5, 0.6) is 0 Å². The summed E-state index contributed by atoms with van der Waals surface area (Å²) in [7, 11) is 0. The lowest BCUT2D eigenvalue weighted by Gasteiger charge is -2.34. The van der Waals surface area contributed by atoms with Crippen molar-refractivity contribution in [1.82, 2.24) is 9.88 Å². The monoisotopic (exact) mass is 564 g/mol. The Morgan fingerprint density at radius 2 is 1.90 bits per heavy atom. The Kier molecular flexibility index (Phi) is 7.63. The fourth-order valence-electron chi connectivity index (χ4n) is 5.34. The molecule has 2 amide bonds. The van der Waals surface area contributed by atoms with Crippen LogP contribution in [-0.4, -0.2) is 28.2 Å². The molecule has 0 spiro atoms. The van der Waals surface area contributed by atoms with Crippen LogP contribution in [0.1, 0.15) is 55.5 Å². The standard InChI is InChI=1S/C30H24ClF3N4O2/c1-16-3-2-4-25(38-10-8-18(12-26(38)39)27-19(15-35)5-6-21(31)29(27)34)23-11-17(7-9-36-23)28-22(33)13-20(32)14-24(28)37-30(16)40/h5-7,9,11-14,16,25H,2-4,8,10H2,1H3,(H,37,40). The molecule has 2 atom stereocenters. The van der Waals surface area contributed by atoms with E-state index in [4.69, 9.17) is 11.6 Å². The van der Waals surface area contributed by atoms with Crippen molar-refractivity contribution < 1.29 is 22.8 Å². The van der Waals surface area contributed by atoms with Crippen LogP contribution in [0.3, 0.4) is 0 Å². The molecule has 5 rings (SSSR count). The molecule has 204 valence electrons. The molecule has 0 saturated carbocycles. The van der Waals surface area contributed by atoms with E-state index in [1.165, 1.54) is 24.4 Å². The first-order chi connectivity index (χ1) is 19.2. The summed E-state index contributed by atoms with van der Waals surface area (Å²) in [5.74, 6) is -3.63. The molecule has 0 saturated heterocycles. The molecule has 3 aromatic rings. The number of nitrogens with zero attached hydrogens (tertiary/aromatic N) is 3. The Bertz CT molecular complexity index is 1600. The largest absolute Gasteiger partial charge is 0.330 e. The summed E-state index contributed by atoms with van der Waals surface area (Å²) in [6, 6.07) is 9.18. The van der Waals surface area contributed by atoms with Gasteiger partial charge in [0.2, 0.25) is 11.8 Å². The number of carbonyl (C=O) groups excluding carboxylic acids is 2. The van der Waals surface area contributed by atoms with Gasteiger partial charge in [-0.1, -0.05) is 24.9 Å². The highest BCUT2D eigenvalue weighted by Crippen LogP contribution is 2.38. The van der Waals surface area contributed by atoms with Crippen LogP contribution in [0.2, 0.25) is 5.02 Å². The average Bonchev–Trinajstić information content (AvgIpc) is 2.92. The lowest BCUT2D eigenvalue weighted by atomic mass is 9.91. The SMILES string of the molecule is CC1CCCC(N2CCC(c3c(C#N)ccc(Cl)c3F)=CC2=O)c2cc(ccn2)-c2c(F)cc(F)cc2NC1=O. The van der Waals surface area contributed by atoms with Crippen LogP contribution in [0, 0.1) is 34.7 Å². The summed E-state index contributed by atoms with van der Waals surface area (Å²) in [4.78, 5) is 32.4. The first kappa shape index (κ1) is 27.4. The number of hydrogen-bond donors (Lipinski definition) is 1. The van der Waals surface area contributed by atoms with Gasteiger partial charge in [-0.2, -0.15) is 5.26 Å². The van der Waals surface area contributed by atoms with E-state index in [2.05, 4.69) is 10.3 Å². The number of halogens is 4. The third-order valence-electron chi connectivity index (χ3n) is 7.40. The van der Waals surface area contributed by atoms with Crippen LogP contribution in [0.4, 0.5) is 18.9 Å². The van der Waals surface area contributed by atoms with E-state index in [1.54, 1.807) is 24.0 Å². The first-order valence-electron chi connectivity index (χ1n) is 12.8. The fourth-order valence-corrected chi connectivity index (χ4v) is 5.50. The summed E-state index contributed by atoms with van der Waals surface area (Å²) >= 11 is 5.96. The van der Waals surface area contributed by atoms with Crippen LogP contribution in [0.25, 0.3) is 16.7 Å². The zero-order valence-corrected chi connectivity index (χ0v) is 22.2. The maximum absolute atomic E-state index is 15.1. The first-order valence-corrected chi connectivity index (χ1v) is 13.2. The number of pyridine rings is 1. The van der Waals surface area contributed by atoms with Gasteiger partial charge in [-0.3, -0.25) is 14.6 Å². The second kappa shape index (κ2) is 11.1. The van der Waals surface area contributed by atoms with Gasteiger partial charge in [-0.25, -0.2) is 13.2 Å². The number of nitriles is 1. The maximum Gasteiger partial charge on any atom is 0.247 e. The second-order valence-corrected chi connectivity index (χ2v) is 10.4. The van der Waals surface area contributed by atoms with Crippen LogP contribution in [-0.2, 0) is 9.59 Å². The topological polar surface area (TPSA) is 86.1 Å². The normalized spacial score (nSPS) is 19.5. The molecule has 2 unspecified atom stereocenters. The van der Waals surface area contributed by atoms with Gasteiger partial charge >= 0.3 is 0 Å². The second-order valence-electron chi connectivity index (χ2n) is 9.96. The number of amides is 2. The number of nitrogens with one attached hydrogen (secondary N) is 1. The van der Waals surface area contributed by atoms with Gasteiger partial charge in [-0.05, 0) is 60.7 Å². The molecule has 6 nitrogen and oxygen atoms in total. The van der Waals surface area contributed by atoms with E-state index in [1.807, 2.05) is 6.07 Å². The summed E-state index contributed by atoms with van der Waals surface area (Å²) in [6.07, 6.45) is 4.57. The molecule has 3 heterocycles. The van der Waals surface area contributed by atoms with Gasteiger partial charge in [0.1, 0.15) is 11.6 Å². The quantitative estimate of drug-likeness (QED) is 0.371. The van der Waals surface area contributed by atoms with E-state index in [0.29, 0.717) is 36.1 Å². The summed E-state index contributed by atoms with van der Waals surface area (Å²) < 4.78 is 44.1. The average molecular weight is 565 g/mol. The minimum atomic E-state index is -0.841. The Morgan fingerprint density at radius 1 is 1.10 bits per heavy atom. The van der Waals surface area contributed by atoms with Gasteiger partial charge in [0.15, 0.2) is 5.82 Å². The molecule has 2 aliphatic heterocycles. The Hall–Kier alpha value is -4.16. The lowest BCUT2D eigenvalue weighted by Crippen LogP contribution is -2.38. The molecule has 0 fully saturated rings. The number of anilines is 1. The Labute approximate surface area is 234 Å². The number of carbonyl (C=O) groups is 2. The van der Waals surface area contributed by atoms with Gasteiger partial charge in [0.05, 0.1) is 34.1 Å². The van der Waals surface area contributed by atoms with Crippen molar-refractivity contribution in [3.8, 4) is 17.2 Å². The number of fused-ring (bicyclic) bond motifs is 4. The highest BCUT2D eigenvalue weighted by molar-refractivity contribution is 6.31. The highest BCUT2D eigenvalue weighted by atomic mass is 35.5. The molecule has 1 aromatic heterocycles. The predicted molar refractivity (Wildman–Crippen MR) is 144 cm³/mol. The molecule has 0 aliphatic carbocycles. The number of hydrogen-bond acceptors (Lipinski definition) is 4. The van der Waals surface area contributed by atoms with Gasteiger partial charge in [0, 0.05) is 41.9 Å². The fraction of sp³-hybridized carbons (Fsp3) is 0.267. The number of rotatable bonds is 2. The molecule has 10 heteroatoms. The predicted octanol–water partition coefficient (Wildman–Crippen LogP) is 6.81. The summed E-state index contributed by atoms with van der Waals surface area (Å²) in [5.41, 5.74) is 1.38.